The number of rotatable bonds is 5. The Morgan fingerprint density at radius 3 is 2.59 bits per heavy atom. The van der Waals surface area contributed by atoms with Crippen LogP contribution in [-0.2, 0) is 4.79 Å². The number of amides is 1. The molecule has 1 atom stereocenters. The van der Waals surface area contributed by atoms with Crippen LogP contribution in [0.4, 0.5) is 0 Å². The smallest absolute Gasteiger partial charge is 0.233 e. The summed E-state index contributed by atoms with van der Waals surface area (Å²) in [4.78, 5) is 17.4. The minimum Gasteiger partial charge on any atom is -0.468 e. The molecule has 2 heterocycles. The van der Waals surface area contributed by atoms with Crippen molar-refractivity contribution in [1.29, 1.82) is 5.26 Å². The predicted molar refractivity (Wildman–Crippen MR) is 86.6 cm³/mol. The van der Waals surface area contributed by atoms with Crippen molar-refractivity contribution in [2.24, 2.45) is 5.92 Å². The first-order valence-electron chi connectivity index (χ1n) is 7.61. The molecule has 2 rings (SSSR count). The normalized spacial score (nSPS) is 17.5. The highest BCUT2D eigenvalue weighted by Gasteiger charge is 2.27. The van der Waals surface area contributed by atoms with E-state index < -0.39 is 0 Å². The highest BCUT2D eigenvalue weighted by atomic mass is 32.2. The molecular formula is C16H23N3O2S. The lowest BCUT2D eigenvalue weighted by atomic mass is 10.0. The SMILES string of the molecule is Cc1occc1SCC(=O)N1CCN([C@@H](C#N)C(C)C)CC1. The topological polar surface area (TPSA) is 60.5 Å². The molecule has 6 heteroatoms. The summed E-state index contributed by atoms with van der Waals surface area (Å²) in [5, 5.41) is 9.26. The summed E-state index contributed by atoms with van der Waals surface area (Å²) in [5.74, 6) is 1.76. The van der Waals surface area contributed by atoms with Gasteiger partial charge in [-0.3, -0.25) is 9.69 Å². The summed E-state index contributed by atoms with van der Waals surface area (Å²) in [5.41, 5.74) is 0. The molecule has 22 heavy (non-hydrogen) atoms. The fraction of sp³-hybridized carbons (Fsp3) is 0.625. The molecule has 5 nitrogen and oxygen atoms in total. The Bertz CT molecular complexity index is 542. The van der Waals surface area contributed by atoms with E-state index in [-0.39, 0.29) is 11.9 Å². The number of nitriles is 1. The third kappa shape index (κ3) is 4.05. The standard InChI is InChI=1S/C16H23N3O2S/c1-12(2)14(10-17)18-5-7-19(8-6-18)16(20)11-22-15-4-9-21-13(15)3/h4,9,12,14H,5-8,11H2,1-3H3/t14-/m0/s1. The van der Waals surface area contributed by atoms with Gasteiger partial charge in [0.2, 0.25) is 5.91 Å². The Hall–Kier alpha value is -1.45. The second kappa shape index (κ2) is 7.70. The summed E-state index contributed by atoms with van der Waals surface area (Å²) in [6.45, 7) is 8.99. The van der Waals surface area contributed by atoms with Crippen LogP contribution in [0.2, 0.25) is 0 Å². The highest BCUT2D eigenvalue weighted by molar-refractivity contribution is 8.00. The first kappa shape index (κ1) is 16.9. The molecule has 0 aromatic carbocycles. The summed E-state index contributed by atoms with van der Waals surface area (Å²) in [7, 11) is 0. The molecule has 1 saturated heterocycles. The number of thioether (sulfide) groups is 1. The average Bonchev–Trinajstić information content (AvgIpc) is 2.91. The third-order valence-electron chi connectivity index (χ3n) is 3.99. The number of carbonyl (C=O) groups excluding carboxylic acids is 1. The van der Waals surface area contributed by atoms with E-state index in [1.165, 1.54) is 11.8 Å². The van der Waals surface area contributed by atoms with Gasteiger partial charge in [0.1, 0.15) is 11.8 Å². The molecule has 0 bridgehead atoms. The van der Waals surface area contributed by atoms with Crippen molar-refractivity contribution in [3.8, 4) is 6.07 Å². The molecule has 1 aliphatic rings. The number of hydrogen-bond acceptors (Lipinski definition) is 5. The lowest BCUT2D eigenvalue weighted by Crippen LogP contribution is -2.53. The molecule has 0 aliphatic carbocycles. The number of furan rings is 1. The third-order valence-corrected chi connectivity index (χ3v) is 5.11. The van der Waals surface area contributed by atoms with Gasteiger partial charge in [0, 0.05) is 31.1 Å². The summed E-state index contributed by atoms with van der Waals surface area (Å²) in [6.07, 6.45) is 1.65. The fourth-order valence-corrected chi connectivity index (χ4v) is 3.52. The zero-order valence-corrected chi connectivity index (χ0v) is 14.2. The van der Waals surface area contributed by atoms with Gasteiger partial charge in [-0.15, -0.1) is 11.8 Å². The van der Waals surface area contributed by atoms with Gasteiger partial charge in [0.05, 0.1) is 18.1 Å². The van der Waals surface area contributed by atoms with Gasteiger partial charge < -0.3 is 9.32 Å². The van der Waals surface area contributed by atoms with Crippen molar-refractivity contribution in [3.05, 3.63) is 18.1 Å². The molecule has 1 fully saturated rings. The number of hydrogen-bond donors (Lipinski definition) is 0. The number of piperazine rings is 1. The molecule has 1 aromatic rings. The highest BCUT2D eigenvalue weighted by Crippen LogP contribution is 2.23. The van der Waals surface area contributed by atoms with Gasteiger partial charge in [0.25, 0.3) is 0 Å². The number of carbonyl (C=O) groups is 1. The maximum atomic E-state index is 12.3. The monoisotopic (exact) mass is 321 g/mol. The second-order valence-electron chi connectivity index (χ2n) is 5.86. The van der Waals surface area contributed by atoms with Crippen molar-refractivity contribution in [1.82, 2.24) is 9.80 Å². The van der Waals surface area contributed by atoms with Gasteiger partial charge in [0.15, 0.2) is 0 Å². The minimum atomic E-state index is -0.0554. The van der Waals surface area contributed by atoms with E-state index in [4.69, 9.17) is 4.42 Å². The van der Waals surface area contributed by atoms with Crippen LogP contribution in [0.25, 0.3) is 0 Å². The van der Waals surface area contributed by atoms with Gasteiger partial charge >= 0.3 is 0 Å². The van der Waals surface area contributed by atoms with Crippen molar-refractivity contribution in [3.63, 3.8) is 0 Å². The maximum Gasteiger partial charge on any atom is 0.233 e. The molecule has 0 radical (unpaired) electrons. The van der Waals surface area contributed by atoms with Crippen LogP contribution >= 0.6 is 11.8 Å². The molecule has 0 spiro atoms. The van der Waals surface area contributed by atoms with E-state index in [2.05, 4.69) is 24.8 Å². The Labute approximate surface area is 136 Å². The first-order valence-corrected chi connectivity index (χ1v) is 8.59. The van der Waals surface area contributed by atoms with Crippen LogP contribution in [0.5, 0.6) is 0 Å². The Kier molecular flexibility index (Phi) is 5.92. The van der Waals surface area contributed by atoms with Crippen molar-refractivity contribution < 1.29 is 9.21 Å². The molecule has 0 saturated carbocycles. The van der Waals surface area contributed by atoms with Gasteiger partial charge in [-0.2, -0.15) is 5.26 Å². The van der Waals surface area contributed by atoms with Crippen molar-refractivity contribution >= 4 is 17.7 Å². The molecular weight excluding hydrogens is 298 g/mol. The van der Waals surface area contributed by atoms with Gasteiger partial charge in [-0.05, 0) is 18.9 Å². The molecule has 1 aliphatic heterocycles. The molecule has 0 N–H and O–H groups in total. The van der Waals surface area contributed by atoms with E-state index in [1.807, 2.05) is 17.9 Å². The minimum absolute atomic E-state index is 0.0554. The van der Waals surface area contributed by atoms with Crippen LogP contribution in [0.15, 0.2) is 21.6 Å². The molecule has 1 aromatic heterocycles. The first-order chi connectivity index (χ1) is 10.5. The van der Waals surface area contributed by atoms with E-state index in [0.717, 1.165) is 23.7 Å². The lowest BCUT2D eigenvalue weighted by molar-refractivity contribution is -0.130. The van der Waals surface area contributed by atoms with Crippen LogP contribution in [0.3, 0.4) is 0 Å². The van der Waals surface area contributed by atoms with Crippen molar-refractivity contribution in [2.75, 3.05) is 31.9 Å². The summed E-state index contributed by atoms with van der Waals surface area (Å²) < 4.78 is 5.23. The number of aryl methyl sites for hydroxylation is 1. The predicted octanol–water partition coefficient (Wildman–Crippen LogP) is 2.37. The fourth-order valence-electron chi connectivity index (χ4n) is 2.66. The average molecular weight is 321 g/mol. The lowest BCUT2D eigenvalue weighted by Gasteiger charge is -2.38. The summed E-state index contributed by atoms with van der Waals surface area (Å²) in [6, 6.07) is 4.21. The Balaban J connectivity index is 1.80. The van der Waals surface area contributed by atoms with Gasteiger partial charge in [-0.1, -0.05) is 13.8 Å². The summed E-state index contributed by atoms with van der Waals surface area (Å²) >= 11 is 1.52. The maximum absolute atomic E-state index is 12.3. The van der Waals surface area contributed by atoms with E-state index in [0.29, 0.717) is 24.8 Å². The van der Waals surface area contributed by atoms with Crippen LogP contribution in [0, 0.1) is 24.2 Å². The van der Waals surface area contributed by atoms with Crippen LogP contribution in [0.1, 0.15) is 19.6 Å². The van der Waals surface area contributed by atoms with E-state index >= 15 is 0 Å². The molecule has 1 amide bonds. The van der Waals surface area contributed by atoms with Crippen LogP contribution in [-0.4, -0.2) is 53.7 Å². The van der Waals surface area contributed by atoms with Crippen LogP contribution < -0.4 is 0 Å². The Morgan fingerprint density at radius 1 is 1.41 bits per heavy atom. The van der Waals surface area contributed by atoms with Crippen molar-refractivity contribution in [2.45, 2.75) is 31.7 Å². The second-order valence-corrected chi connectivity index (χ2v) is 6.88. The molecule has 0 unspecified atom stereocenters. The number of nitrogens with zero attached hydrogens (tertiary/aromatic N) is 3. The van der Waals surface area contributed by atoms with E-state index in [9.17, 15) is 10.1 Å². The quantitative estimate of drug-likeness (QED) is 0.779. The largest absolute Gasteiger partial charge is 0.468 e. The van der Waals surface area contributed by atoms with E-state index in [1.54, 1.807) is 6.26 Å². The zero-order chi connectivity index (χ0) is 16.1. The Morgan fingerprint density at radius 2 is 2.09 bits per heavy atom. The van der Waals surface area contributed by atoms with Gasteiger partial charge in [-0.25, -0.2) is 0 Å². The zero-order valence-electron chi connectivity index (χ0n) is 13.4. The molecule has 120 valence electrons.